The normalized spacial score (nSPS) is 10.7. The molecule has 4 rings (SSSR count). The lowest BCUT2D eigenvalue weighted by Crippen LogP contribution is -2.22. The number of nitrogens with zero attached hydrogens (tertiary/aromatic N) is 2. The van der Waals surface area contributed by atoms with E-state index in [2.05, 4.69) is 10.3 Å². The van der Waals surface area contributed by atoms with Gasteiger partial charge >= 0.3 is 0 Å². The Kier molecular flexibility index (Phi) is 6.06. The van der Waals surface area contributed by atoms with E-state index in [0.717, 1.165) is 16.1 Å². The second kappa shape index (κ2) is 9.06. The number of thiazole rings is 1. The van der Waals surface area contributed by atoms with Crippen molar-refractivity contribution in [2.24, 2.45) is 0 Å². The first-order valence-electron chi connectivity index (χ1n) is 9.25. The van der Waals surface area contributed by atoms with E-state index < -0.39 is 0 Å². The summed E-state index contributed by atoms with van der Waals surface area (Å²) in [5, 5.41) is 7.28. The zero-order valence-corrected chi connectivity index (χ0v) is 17.8. The Morgan fingerprint density at radius 2 is 2.00 bits per heavy atom. The van der Waals surface area contributed by atoms with Crippen LogP contribution in [0.3, 0.4) is 0 Å². The molecule has 0 spiro atoms. The number of anilines is 1. The molecule has 0 unspecified atom stereocenters. The van der Waals surface area contributed by atoms with Crippen molar-refractivity contribution < 1.29 is 9.53 Å². The highest BCUT2D eigenvalue weighted by atomic mass is 32.1. The SMILES string of the molecule is Cc1cc(=O)c(OCc2ccccc2)cn1CC(=O)Nc1nc(-c2cccs2)cs1. The fourth-order valence-corrected chi connectivity index (χ4v) is 4.33. The average Bonchev–Trinajstić information content (AvgIpc) is 3.42. The van der Waals surface area contributed by atoms with Gasteiger partial charge in [-0.15, -0.1) is 22.7 Å². The number of nitrogens with one attached hydrogen (secondary N) is 1. The second-order valence-corrected chi connectivity index (χ2v) is 8.41. The molecule has 30 heavy (non-hydrogen) atoms. The fraction of sp³-hybridized carbons (Fsp3) is 0.136. The monoisotopic (exact) mass is 437 g/mol. The number of hydrogen-bond donors (Lipinski definition) is 1. The Labute approximate surface area is 181 Å². The van der Waals surface area contributed by atoms with Crippen LogP contribution in [0.5, 0.6) is 5.75 Å². The summed E-state index contributed by atoms with van der Waals surface area (Å²) in [6.45, 7) is 2.13. The van der Waals surface area contributed by atoms with Crippen LogP contribution in [0, 0.1) is 6.92 Å². The molecule has 4 aromatic rings. The summed E-state index contributed by atoms with van der Waals surface area (Å²) >= 11 is 2.98. The van der Waals surface area contributed by atoms with E-state index in [1.807, 2.05) is 53.2 Å². The molecule has 0 fully saturated rings. The van der Waals surface area contributed by atoms with Crippen LogP contribution in [0.25, 0.3) is 10.6 Å². The van der Waals surface area contributed by atoms with E-state index in [-0.39, 0.29) is 30.2 Å². The van der Waals surface area contributed by atoms with Crippen molar-refractivity contribution in [2.45, 2.75) is 20.1 Å². The van der Waals surface area contributed by atoms with Gasteiger partial charge in [0, 0.05) is 17.1 Å². The summed E-state index contributed by atoms with van der Waals surface area (Å²) in [7, 11) is 0. The van der Waals surface area contributed by atoms with Gasteiger partial charge in [0.25, 0.3) is 0 Å². The van der Waals surface area contributed by atoms with Crippen LogP contribution in [-0.4, -0.2) is 15.5 Å². The number of hydrogen-bond acceptors (Lipinski definition) is 6. The average molecular weight is 438 g/mol. The van der Waals surface area contributed by atoms with Crippen molar-refractivity contribution in [3.8, 4) is 16.3 Å². The highest BCUT2D eigenvalue weighted by Crippen LogP contribution is 2.28. The van der Waals surface area contributed by atoms with Crippen molar-refractivity contribution in [2.75, 3.05) is 5.32 Å². The van der Waals surface area contributed by atoms with Crippen molar-refractivity contribution in [1.29, 1.82) is 0 Å². The van der Waals surface area contributed by atoms with Crippen molar-refractivity contribution >= 4 is 33.7 Å². The molecular formula is C22H19N3O3S2. The summed E-state index contributed by atoms with van der Waals surface area (Å²) in [5.41, 5.74) is 2.29. The summed E-state index contributed by atoms with van der Waals surface area (Å²) in [5.74, 6) is -0.00526. The topological polar surface area (TPSA) is 73.2 Å². The van der Waals surface area contributed by atoms with Gasteiger partial charge in [-0.3, -0.25) is 9.59 Å². The number of rotatable bonds is 7. The third kappa shape index (κ3) is 4.84. The third-order valence-corrected chi connectivity index (χ3v) is 6.03. The molecule has 0 bridgehead atoms. The van der Waals surface area contributed by atoms with E-state index in [1.54, 1.807) is 29.0 Å². The molecule has 1 amide bonds. The van der Waals surface area contributed by atoms with E-state index >= 15 is 0 Å². The lowest BCUT2D eigenvalue weighted by molar-refractivity contribution is -0.116. The molecule has 0 saturated heterocycles. The molecular weight excluding hydrogens is 418 g/mol. The van der Waals surface area contributed by atoms with E-state index in [0.29, 0.717) is 10.8 Å². The molecule has 0 saturated carbocycles. The first kappa shape index (κ1) is 20.1. The van der Waals surface area contributed by atoms with Crippen LogP contribution in [0.2, 0.25) is 0 Å². The third-order valence-electron chi connectivity index (χ3n) is 4.38. The maximum absolute atomic E-state index is 12.5. The molecule has 152 valence electrons. The quantitative estimate of drug-likeness (QED) is 0.460. The number of pyridine rings is 1. The zero-order chi connectivity index (χ0) is 20.9. The first-order valence-corrected chi connectivity index (χ1v) is 11.0. The molecule has 0 aliphatic carbocycles. The number of thiophene rings is 1. The van der Waals surface area contributed by atoms with Gasteiger partial charge in [0.2, 0.25) is 11.3 Å². The Balaban J connectivity index is 1.43. The molecule has 1 N–H and O–H groups in total. The molecule has 3 aromatic heterocycles. The number of amides is 1. The minimum Gasteiger partial charge on any atom is -0.483 e. The molecule has 0 radical (unpaired) electrons. The van der Waals surface area contributed by atoms with Crippen LogP contribution in [0.4, 0.5) is 5.13 Å². The van der Waals surface area contributed by atoms with Crippen LogP contribution in [0.15, 0.2) is 70.3 Å². The Morgan fingerprint density at radius 3 is 2.77 bits per heavy atom. The van der Waals surface area contributed by atoms with E-state index in [4.69, 9.17) is 4.74 Å². The summed E-state index contributed by atoms with van der Waals surface area (Å²) in [6, 6.07) is 15.0. The van der Waals surface area contributed by atoms with E-state index in [1.165, 1.54) is 17.4 Å². The maximum atomic E-state index is 12.5. The van der Waals surface area contributed by atoms with Crippen molar-refractivity contribution in [3.05, 3.63) is 87.0 Å². The first-order chi connectivity index (χ1) is 14.6. The fourth-order valence-electron chi connectivity index (χ4n) is 2.85. The van der Waals surface area contributed by atoms with Gasteiger partial charge in [-0.05, 0) is 23.9 Å². The maximum Gasteiger partial charge on any atom is 0.246 e. The summed E-state index contributed by atoms with van der Waals surface area (Å²) < 4.78 is 7.39. The number of aromatic nitrogens is 2. The number of carbonyl (C=O) groups excluding carboxylic acids is 1. The van der Waals surface area contributed by atoms with Gasteiger partial charge in [0.05, 0.1) is 16.8 Å². The Bertz CT molecular complexity index is 1200. The molecule has 3 heterocycles. The lowest BCUT2D eigenvalue weighted by atomic mass is 10.2. The minimum atomic E-state index is -0.220. The van der Waals surface area contributed by atoms with Crippen LogP contribution < -0.4 is 15.5 Å². The molecule has 0 atom stereocenters. The standard InChI is InChI=1S/C22H19N3O3S2/c1-15-10-18(26)19(28-13-16-6-3-2-4-7-16)11-25(15)12-21(27)24-22-23-17(14-30-22)20-8-5-9-29-20/h2-11,14H,12-13H2,1H3,(H,23,24,27). The number of carbonyl (C=O) groups is 1. The summed E-state index contributed by atoms with van der Waals surface area (Å²) in [4.78, 5) is 30.3. The number of ether oxygens (including phenoxy) is 1. The number of aryl methyl sites for hydroxylation is 1. The molecule has 1 aromatic carbocycles. The van der Waals surface area contributed by atoms with E-state index in [9.17, 15) is 9.59 Å². The second-order valence-electron chi connectivity index (χ2n) is 6.61. The zero-order valence-electron chi connectivity index (χ0n) is 16.2. The van der Waals surface area contributed by atoms with Crippen molar-refractivity contribution in [1.82, 2.24) is 9.55 Å². The predicted octanol–water partition coefficient (Wildman–Crippen LogP) is 4.56. The van der Waals surface area contributed by atoms with Gasteiger partial charge in [0.1, 0.15) is 13.2 Å². The van der Waals surface area contributed by atoms with Gasteiger partial charge < -0.3 is 14.6 Å². The van der Waals surface area contributed by atoms with Gasteiger partial charge in [-0.25, -0.2) is 4.98 Å². The van der Waals surface area contributed by atoms with Gasteiger partial charge in [-0.2, -0.15) is 0 Å². The Morgan fingerprint density at radius 1 is 1.17 bits per heavy atom. The number of benzene rings is 1. The highest BCUT2D eigenvalue weighted by molar-refractivity contribution is 7.16. The largest absolute Gasteiger partial charge is 0.483 e. The summed E-state index contributed by atoms with van der Waals surface area (Å²) in [6.07, 6.45) is 1.58. The molecule has 0 aliphatic heterocycles. The van der Waals surface area contributed by atoms with Crippen LogP contribution >= 0.6 is 22.7 Å². The predicted molar refractivity (Wildman–Crippen MR) is 120 cm³/mol. The van der Waals surface area contributed by atoms with Gasteiger partial charge in [0.15, 0.2) is 10.9 Å². The molecule has 0 aliphatic rings. The van der Waals surface area contributed by atoms with Crippen molar-refractivity contribution in [3.63, 3.8) is 0 Å². The highest BCUT2D eigenvalue weighted by Gasteiger charge is 2.12. The van der Waals surface area contributed by atoms with Crippen LogP contribution in [0.1, 0.15) is 11.3 Å². The Hall–Kier alpha value is -3.23. The lowest BCUT2D eigenvalue weighted by Gasteiger charge is -2.13. The van der Waals surface area contributed by atoms with Crippen LogP contribution in [-0.2, 0) is 17.9 Å². The van der Waals surface area contributed by atoms with Gasteiger partial charge in [-0.1, -0.05) is 36.4 Å². The molecule has 6 nitrogen and oxygen atoms in total. The molecule has 8 heteroatoms. The smallest absolute Gasteiger partial charge is 0.246 e. The minimum absolute atomic E-state index is 0.0573.